The van der Waals surface area contributed by atoms with Gasteiger partial charge in [0.25, 0.3) is 0 Å². The van der Waals surface area contributed by atoms with Gasteiger partial charge in [-0.05, 0) is 25.5 Å². The fourth-order valence-corrected chi connectivity index (χ4v) is 1.68. The summed E-state index contributed by atoms with van der Waals surface area (Å²) >= 11 is 0. The first kappa shape index (κ1) is 10.7. The second kappa shape index (κ2) is 4.35. The zero-order valence-corrected chi connectivity index (χ0v) is 9.12. The summed E-state index contributed by atoms with van der Waals surface area (Å²) in [5.41, 5.74) is 2.08. The Morgan fingerprint density at radius 2 is 1.94 bits per heavy atom. The molecular formula is C12H14N2O2. The first-order valence-electron chi connectivity index (χ1n) is 5.32. The molecule has 2 N–H and O–H groups in total. The molecule has 0 spiro atoms. The van der Waals surface area contributed by atoms with E-state index in [1.54, 1.807) is 0 Å². The number of nitrogens with one attached hydrogen (secondary N) is 2. The van der Waals surface area contributed by atoms with Crippen LogP contribution in [0.15, 0.2) is 24.3 Å². The molecule has 0 radical (unpaired) electrons. The molecule has 2 rings (SSSR count). The number of piperidine rings is 1. The van der Waals surface area contributed by atoms with E-state index in [4.69, 9.17) is 0 Å². The molecule has 16 heavy (non-hydrogen) atoms. The van der Waals surface area contributed by atoms with E-state index in [9.17, 15) is 9.59 Å². The molecule has 1 aliphatic heterocycles. The normalized spacial score (nSPS) is 20.4. The van der Waals surface area contributed by atoms with Crippen LogP contribution in [0.1, 0.15) is 18.4 Å². The van der Waals surface area contributed by atoms with E-state index >= 15 is 0 Å². The molecule has 1 aromatic rings. The molecule has 0 saturated carbocycles. The number of hydrogen-bond acceptors (Lipinski definition) is 3. The SMILES string of the molecule is Cc1ccc(N[C@@H]2CCC(=O)NC2=O)cc1. The van der Waals surface area contributed by atoms with Gasteiger partial charge in [0.2, 0.25) is 11.8 Å². The van der Waals surface area contributed by atoms with Crippen molar-refractivity contribution >= 4 is 17.5 Å². The van der Waals surface area contributed by atoms with Crippen LogP contribution in [0.4, 0.5) is 5.69 Å². The Kier molecular flexibility index (Phi) is 2.90. The van der Waals surface area contributed by atoms with Crippen LogP contribution >= 0.6 is 0 Å². The highest BCUT2D eigenvalue weighted by Gasteiger charge is 2.25. The number of rotatable bonds is 2. The minimum absolute atomic E-state index is 0.188. The van der Waals surface area contributed by atoms with Gasteiger partial charge in [0.1, 0.15) is 6.04 Å². The van der Waals surface area contributed by atoms with E-state index in [2.05, 4.69) is 10.6 Å². The van der Waals surface area contributed by atoms with Gasteiger partial charge in [-0.15, -0.1) is 0 Å². The van der Waals surface area contributed by atoms with Crippen molar-refractivity contribution < 1.29 is 9.59 Å². The summed E-state index contributed by atoms with van der Waals surface area (Å²) in [7, 11) is 0. The summed E-state index contributed by atoms with van der Waals surface area (Å²) in [5.74, 6) is -0.427. The van der Waals surface area contributed by atoms with Crippen LogP contribution in [0.25, 0.3) is 0 Å². The molecule has 0 unspecified atom stereocenters. The van der Waals surface area contributed by atoms with Crippen molar-refractivity contribution in [1.29, 1.82) is 0 Å². The topological polar surface area (TPSA) is 58.2 Å². The minimum atomic E-state index is -0.305. The lowest BCUT2D eigenvalue weighted by atomic mass is 10.1. The van der Waals surface area contributed by atoms with E-state index in [1.807, 2.05) is 31.2 Å². The molecule has 1 heterocycles. The van der Waals surface area contributed by atoms with Gasteiger partial charge >= 0.3 is 0 Å². The number of benzene rings is 1. The van der Waals surface area contributed by atoms with E-state index in [-0.39, 0.29) is 17.9 Å². The summed E-state index contributed by atoms with van der Waals surface area (Å²) < 4.78 is 0. The third kappa shape index (κ3) is 2.39. The van der Waals surface area contributed by atoms with Crippen LogP contribution in [0.5, 0.6) is 0 Å². The molecule has 1 aliphatic rings. The van der Waals surface area contributed by atoms with Crippen molar-refractivity contribution in [3.63, 3.8) is 0 Å². The highest BCUT2D eigenvalue weighted by Crippen LogP contribution is 2.14. The standard InChI is InChI=1S/C12H14N2O2/c1-8-2-4-9(5-3-8)13-10-6-7-11(15)14-12(10)16/h2-5,10,13H,6-7H2,1H3,(H,14,15,16)/t10-/m1/s1. The van der Waals surface area contributed by atoms with Crippen molar-refractivity contribution in [2.75, 3.05) is 5.32 Å². The predicted molar refractivity (Wildman–Crippen MR) is 61.0 cm³/mol. The van der Waals surface area contributed by atoms with Gasteiger partial charge < -0.3 is 5.32 Å². The van der Waals surface area contributed by atoms with Gasteiger partial charge in [-0.25, -0.2) is 0 Å². The fraction of sp³-hybridized carbons (Fsp3) is 0.333. The second-order valence-electron chi connectivity index (χ2n) is 4.01. The number of hydrogen-bond donors (Lipinski definition) is 2. The maximum Gasteiger partial charge on any atom is 0.249 e. The Hall–Kier alpha value is -1.84. The maximum absolute atomic E-state index is 11.5. The molecular weight excluding hydrogens is 204 g/mol. The molecule has 0 aromatic heterocycles. The van der Waals surface area contributed by atoms with Crippen molar-refractivity contribution in [1.82, 2.24) is 5.32 Å². The monoisotopic (exact) mass is 218 g/mol. The van der Waals surface area contributed by atoms with E-state index in [1.165, 1.54) is 5.56 Å². The second-order valence-corrected chi connectivity index (χ2v) is 4.01. The average molecular weight is 218 g/mol. The van der Waals surface area contributed by atoms with Gasteiger partial charge in [0.15, 0.2) is 0 Å². The number of anilines is 1. The maximum atomic E-state index is 11.5. The van der Waals surface area contributed by atoms with Crippen LogP contribution in [0.3, 0.4) is 0 Å². The lowest BCUT2D eigenvalue weighted by molar-refractivity contribution is -0.133. The highest BCUT2D eigenvalue weighted by molar-refractivity contribution is 6.01. The quantitative estimate of drug-likeness (QED) is 0.734. The largest absolute Gasteiger partial charge is 0.374 e. The lowest BCUT2D eigenvalue weighted by Crippen LogP contribution is -2.47. The van der Waals surface area contributed by atoms with Crippen molar-refractivity contribution in [3.8, 4) is 0 Å². The van der Waals surface area contributed by atoms with Gasteiger partial charge in [-0.3, -0.25) is 14.9 Å². The number of carbonyl (C=O) groups is 2. The van der Waals surface area contributed by atoms with Gasteiger partial charge in [0.05, 0.1) is 0 Å². The van der Waals surface area contributed by atoms with E-state index in [0.717, 1.165) is 5.69 Å². The summed E-state index contributed by atoms with van der Waals surface area (Å²) in [6.07, 6.45) is 0.952. The summed E-state index contributed by atoms with van der Waals surface area (Å²) in [6, 6.07) is 7.51. The smallest absolute Gasteiger partial charge is 0.249 e. The van der Waals surface area contributed by atoms with Crippen LogP contribution < -0.4 is 10.6 Å². The van der Waals surface area contributed by atoms with Gasteiger partial charge in [0, 0.05) is 12.1 Å². The van der Waals surface area contributed by atoms with Crippen LogP contribution in [-0.2, 0) is 9.59 Å². The van der Waals surface area contributed by atoms with Gasteiger partial charge in [-0.2, -0.15) is 0 Å². The number of imide groups is 1. The minimum Gasteiger partial charge on any atom is -0.374 e. The Labute approximate surface area is 94.0 Å². The first-order chi connectivity index (χ1) is 7.65. The Morgan fingerprint density at radius 3 is 2.56 bits per heavy atom. The highest BCUT2D eigenvalue weighted by atomic mass is 16.2. The predicted octanol–water partition coefficient (Wildman–Crippen LogP) is 1.21. The Bertz CT molecular complexity index is 412. The molecule has 4 nitrogen and oxygen atoms in total. The summed E-state index contributed by atoms with van der Waals surface area (Å²) in [4.78, 5) is 22.4. The molecule has 1 fully saturated rings. The molecule has 1 atom stereocenters. The van der Waals surface area contributed by atoms with E-state index < -0.39 is 0 Å². The molecule has 0 aliphatic carbocycles. The Morgan fingerprint density at radius 1 is 1.25 bits per heavy atom. The zero-order chi connectivity index (χ0) is 11.5. The van der Waals surface area contributed by atoms with Crippen molar-refractivity contribution in [3.05, 3.63) is 29.8 Å². The number of amides is 2. The third-order valence-electron chi connectivity index (χ3n) is 2.63. The fourth-order valence-electron chi connectivity index (χ4n) is 1.68. The summed E-state index contributed by atoms with van der Waals surface area (Å²) in [6.45, 7) is 2.01. The van der Waals surface area contributed by atoms with Crippen molar-refractivity contribution in [2.24, 2.45) is 0 Å². The molecule has 2 amide bonds. The summed E-state index contributed by atoms with van der Waals surface area (Å²) in [5, 5.41) is 5.43. The average Bonchev–Trinajstić information content (AvgIpc) is 2.25. The zero-order valence-electron chi connectivity index (χ0n) is 9.12. The Balaban J connectivity index is 2.02. The molecule has 0 bridgehead atoms. The van der Waals surface area contributed by atoms with Gasteiger partial charge in [-0.1, -0.05) is 17.7 Å². The van der Waals surface area contributed by atoms with Crippen LogP contribution in [-0.4, -0.2) is 17.9 Å². The molecule has 1 saturated heterocycles. The van der Waals surface area contributed by atoms with Crippen molar-refractivity contribution in [2.45, 2.75) is 25.8 Å². The molecule has 4 heteroatoms. The number of aryl methyl sites for hydroxylation is 1. The molecule has 84 valence electrons. The number of carbonyl (C=O) groups excluding carboxylic acids is 2. The third-order valence-corrected chi connectivity index (χ3v) is 2.63. The van der Waals surface area contributed by atoms with Crippen LogP contribution in [0, 0.1) is 6.92 Å². The van der Waals surface area contributed by atoms with E-state index in [0.29, 0.717) is 12.8 Å². The van der Waals surface area contributed by atoms with Crippen LogP contribution in [0.2, 0.25) is 0 Å². The molecule has 1 aromatic carbocycles. The first-order valence-corrected chi connectivity index (χ1v) is 5.32. The lowest BCUT2D eigenvalue weighted by Gasteiger charge is -2.22.